The molecule has 0 aliphatic carbocycles. The maximum Gasteiger partial charge on any atom is 0.214 e. The van der Waals surface area contributed by atoms with Gasteiger partial charge >= 0.3 is 0 Å². The number of carbonyl (C=O) groups is 1. The van der Waals surface area contributed by atoms with Gasteiger partial charge in [-0.2, -0.15) is 0 Å². The standard InChI is InChI=1S/C17H27NO/c1-3-5-7-8-9-16-10-12-17(13-11-16)18(15-19)14-6-4-2/h10-13,15H,3-9,14H2,1-2H3. The molecule has 0 unspecified atom stereocenters. The highest BCUT2D eigenvalue weighted by Crippen LogP contribution is 2.16. The molecule has 19 heavy (non-hydrogen) atoms. The third-order valence-electron chi connectivity index (χ3n) is 3.47. The Morgan fingerprint density at radius 2 is 1.63 bits per heavy atom. The Hall–Kier alpha value is -1.31. The SMILES string of the molecule is CCCCCCc1ccc(N(C=O)CCCC)cc1. The van der Waals surface area contributed by atoms with Gasteiger partial charge in [0, 0.05) is 12.2 Å². The van der Waals surface area contributed by atoms with E-state index in [0.717, 1.165) is 37.9 Å². The third-order valence-corrected chi connectivity index (χ3v) is 3.47. The van der Waals surface area contributed by atoms with Crippen LogP contribution < -0.4 is 4.90 Å². The minimum Gasteiger partial charge on any atom is -0.315 e. The Labute approximate surface area is 117 Å². The number of benzene rings is 1. The van der Waals surface area contributed by atoms with Crippen LogP contribution in [0.1, 0.15) is 57.9 Å². The molecule has 0 aromatic heterocycles. The average Bonchev–Trinajstić information content (AvgIpc) is 2.46. The lowest BCUT2D eigenvalue weighted by atomic mass is 10.1. The molecule has 0 fully saturated rings. The van der Waals surface area contributed by atoms with Crippen LogP contribution in [-0.2, 0) is 11.2 Å². The number of amides is 1. The van der Waals surface area contributed by atoms with Gasteiger partial charge in [0.05, 0.1) is 0 Å². The van der Waals surface area contributed by atoms with Gasteiger partial charge in [-0.1, -0.05) is 51.7 Å². The van der Waals surface area contributed by atoms with Crippen LogP contribution in [0.2, 0.25) is 0 Å². The van der Waals surface area contributed by atoms with E-state index in [1.807, 2.05) is 0 Å². The fourth-order valence-electron chi connectivity index (χ4n) is 2.18. The molecule has 0 heterocycles. The predicted octanol–water partition coefficient (Wildman–Crippen LogP) is 4.57. The maximum atomic E-state index is 11.1. The largest absolute Gasteiger partial charge is 0.315 e. The number of hydrogen-bond donors (Lipinski definition) is 0. The number of carbonyl (C=O) groups excluding carboxylic acids is 1. The van der Waals surface area contributed by atoms with Crippen LogP contribution in [0.25, 0.3) is 0 Å². The number of nitrogens with zero attached hydrogens (tertiary/aromatic N) is 1. The van der Waals surface area contributed by atoms with Crippen molar-refractivity contribution < 1.29 is 4.79 Å². The van der Waals surface area contributed by atoms with E-state index in [1.165, 1.54) is 31.2 Å². The van der Waals surface area contributed by atoms with E-state index >= 15 is 0 Å². The molecular formula is C17H27NO. The van der Waals surface area contributed by atoms with Crippen molar-refractivity contribution in [2.45, 2.75) is 58.8 Å². The van der Waals surface area contributed by atoms with Crippen LogP contribution in [0.4, 0.5) is 5.69 Å². The van der Waals surface area contributed by atoms with Gasteiger partial charge in [-0.3, -0.25) is 4.79 Å². The summed E-state index contributed by atoms with van der Waals surface area (Å²) in [5, 5.41) is 0. The van der Waals surface area contributed by atoms with E-state index < -0.39 is 0 Å². The normalized spacial score (nSPS) is 10.4. The van der Waals surface area contributed by atoms with Gasteiger partial charge in [-0.25, -0.2) is 0 Å². The Morgan fingerprint density at radius 3 is 2.21 bits per heavy atom. The van der Waals surface area contributed by atoms with E-state index in [9.17, 15) is 4.79 Å². The summed E-state index contributed by atoms with van der Waals surface area (Å²) in [6.45, 7) is 5.19. The van der Waals surface area contributed by atoms with Gasteiger partial charge < -0.3 is 4.90 Å². The summed E-state index contributed by atoms with van der Waals surface area (Å²) in [5.41, 5.74) is 2.39. The zero-order chi connectivity index (χ0) is 13.9. The molecule has 0 aliphatic rings. The lowest BCUT2D eigenvalue weighted by Crippen LogP contribution is -2.22. The summed E-state index contributed by atoms with van der Waals surface area (Å²) in [7, 11) is 0. The highest BCUT2D eigenvalue weighted by molar-refractivity contribution is 5.74. The monoisotopic (exact) mass is 261 g/mol. The summed E-state index contributed by atoms with van der Waals surface area (Å²) in [4.78, 5) is 12.9. The minimum absolute atomic E-state index is 0.815. The van der Waals surface area contributed by atoms with Crippen molar-refractivity contribution in [3.8, 4) is 0 Å². The van der Waals surface area contributed by atoms with Crippen molar-refractivity contribution in [3.05, 3.63) is 29.8 Å². The molecule has 0 saturated heterocycles. The molecule has 1 amide bonds. The molecule has 0 aliphatic heterocycles. The Bertz CT molecular complexity index is 345. The molecule has 1 aromatic carbocycles. The predicted molar refractivity (Wildman–Crippen MR) is 82.6 cm³/mol. The highest BCUT2D eigenvalue weighted by atomic mass is 16.1. The summed E-state index contributed by atoms with van der Waals surface area (Å²) in [6, 6.07) is 8.45. The average molecular weight is 261 g/mol. The van der Waals surface area contributed by atoms with E-state index in [-0.39, 0.29) is 0 Å². The number of rotatable bonds is 10. The summed E-state index contributed by atoms with van der Waals surface area (Å²) in [6.07, 6.45) is 9.44. The molecular weight excluding hydrogens is 234 g/mol. The smallest absolute Gasteiger partial charge is 0.214 e. The lowest BCUT2D eigenvalue weighted by molar-refractivity contribution is -0.107. The van der Waals surface area contributed by atoms with Gasteiger partial charge in [0.1, 0.15) is 0 Å². The number of anilines is 1. The van der Waals surface area contributed by atoms with Crippen molar-refractivity contribution >= 4 is 12.1 Å². The fraction of sp³-hybridized carbons (Fsp3) is 0.588. The summed E-state index contributed by atoms with van der Waals surface area (Å²) in [5.74, 6) is 0. The van der Waals surface area contributed by atoms with Crippen molar-refractivity contribution in [2.24, 2.45) is 0 Å². The van der Waals surface area contributed by atoms with Crippen LogP contribution in [0.5, 0.6) is 0 Å². The van der Waals surface area contributed by atoms with Gasteiger partial charge in [-0.15, -0.1) is 0 Å². The summed E-state index contributed by atoms with van der Waals surface area (Å²) >= 11 is 0. The molecule has 0 spiro atoms. The van der Waals surface area contributed by atoms with Crippen LogP contribution in [0.15, 0.2) is 24.3 Å². The lowest BCUT2D eigenvalue weighted by Gasteiger charge is -2.17. The van der Waals surface area contributed by atoms with Crippen LogP contribution in [-0.4, -0.2) is 13.0 Å². The van der Waals surface area contributed by atoms with Crippen LogP contribution in [0, 0.1) is 0 Å². The zero-order valence-corrected chi connectivity index (χ0v) is 12.4. The molecule has 1 aromatic rings. The first-order valence-electron chi connectivity index (χ1n) is 7.62. The van der Waals surface area contributed by atoms with Crippen molar-refractivity contribution in [1.82, 2.24) is 0 Å². The van der Waals surface area contributed by atoms with Gasteiger partial charge in [0.25, 0.3) is 0 Å². The van der Waals surface area contributed by atoms with E-state index in [0.29, 0.717) is 0 Å². The number of aryl methyl sites for hydroxylation is 1. The molecule has 1 rings (SSSR count). The second-order valence-electron chi connectivity index (χ2n) is 5.13. The molecule has 0 saturated carbocycles. The third kappa shape index (κ3) is 5.91. The molecule has 0 atom stereocenters. The topological polar surface area (TPSA) is 20.3 Å². The Balaban J connectivity index is 2.47. The maximum absolute atomic E-state index is 11.1. The first-order chi connectivity index (χ1) is 9.31. The quantitative estimate of drug-likeness (QED) is 0.446. The molecule has 0 bridgehead atoms. The minimum atomic E-state index is 0.815. The molecule has 0 N–H and O–H groups in total. The second kappa shape index (κ2) is 9.60. The van der Waals surface area contributed by atoms with Crippen molar-refractivity contribution in [2.75, 3.05) is 11.4 Å². The van der Waals surface area contributed by atoms with Gasteiger partial charge in [0.15, 0.2) is 0 Å². The second-order valence-corrected chi connectivity index (χ2v) is 5.13. The van der Waals surface area contributed by atoms with Crippen molar-refractivity contribution in [3.63, 3.8) is 0 Å². The highest BCUT2D eigenvalue weighted by Gasteiger charge is 2.04. The zero-order valence-electron chi connectivity index (χ0n) is 12.4. The van der Waals surface area contributed by atoms with Crippen molar-refractivity contribution in [1.29, 1.82) is 0 Å². The first kappa shape index (κ1) is 15.7. The number of hydrogen-bond acceptors (Lipinski definition) is 1. The molecule has 2 heteroatoms. The molecule has 106 valence electrons. The Morgan fingerprint density at radius 1 is 0.947 bits per heavy atom. The molecule has 0 radical (unpaired) electrons. The molecule has 2 nitrogen and oxygen atoms in total. The van der Waals surface area contributed by atoms with Crippen LogP contribution in [0.3, 0.4) is 0 Å². The number of unbranched alkanes of at least 4 members (excludes halogenated alkanes) is 4. The van der Waals surface area contributed by atoms with E-state index in [1.54, 1.807) is 4.90 Å². The fourth-order valence-corrected chi connectivity index (χ4v) is 2.18. The van der Waals surface area contributed by atoms with Gasteiger partial charge in [0.2, 0.25) is 6.41 Å². The summed E-state index contributed by atoms with van der Waals surface area (Å²) < 4.78 is 0. The first-order valence-corrected chi connectivity index (χ1v) is 7.62. The Kier molecular flexibility index (Phi) is 7.95. The van der Waals surface area contributed by atoms with E-state index in [4.69, 9.17) is 0 Å². The van der Waals surface area contributed by atoms with E-state index in [2.05, 4.69) is 38.1 Å². The van der Waals surface area contributed by atoms with Crippen LogP contribution >= 0.6 is 0 Å². The van der Waals surface area contributed by atoms with Gasteiger partial charge in [-0.05, 0) is 37.0 Å².